The summed E-state index contributed by atoms with van der Waals surface area (Å²) in [5, 5.41) is 7.34. The van der Waals surface area contributed by atoms with Gasteiger partial charge < -0.3 is 8.98 Å². The molecule has 0 bridgehead atoms. The smallest absolute Gasteiger partial charge is 0.145 e. The molecule has 0 atom stereocenters. The summed E-state index contributed by atoms with van der Waals surface area (Å²) in [6.07, 6.45) is 0. The van der Waals surface area contributed by atoms with E-state index in [1.807, 2.05) is 6.07 Å². The first-order valence-electron chi connectivity index (χ1n) is 14.4. The van der Waals surface area contributed by atoms with Crippen molar-refractivity contribution in [2.24, 2.45) is 0 Å². The van der Waals surface area contributed by atoms with Gasteiger partial charge in [-0.25, -0.2) is 0 Å². The van der Waals surface area contributed by atoms with E-state index in [0.717, 1.165) is 38.5 Å². The van der Waals surface area contributed by atoms with Crippen molar-refractivity contribution in [1.29, 1.82) is 0 Å². The van der Waals surface area contributed by atoms with E-state index < -0.39 is 0 Å². The van der Waals surface area contributed by atoms with Gasteiger partial charge in [0, 0.05) is 21.8 Å². The van der Waals surface area contributed by atoms with Crippen molar-refractivity contribution >= 4 is 54.5 Å². The zero-order chi connectivity index (χ0) is 27.4. The number of nitrogens with zero attached hydrogens (tertiary/aromatic N) is 1. The van der Waals surface area contributed by atoms with Crippen molar-refractivity contribution in [2.75, 3.05) is 0 Å². The van der Waals surface area contributed by atoms with Gasteiger partial charge in [0.05, 0.1) is 16.4 Å². The summed E-state index contributed by atoms with van der Waals surface area (Å²) in [6.45, 7) is 0. The van der Waals surface area contributed by atoms with Crippen LogP contribution in [0.5, 0.6) is 0 Å². The molecule has 42 heavy (non-hydrogen) atoms. The largest absolute Gasteiger partial charge is 0.455 e. The highest BCUT2D eigenvalue weighted by molar-refractivity contribution is 6.24. The number of para-hydroxylation sites is 2. The topological polar surface area (TPSA) is 18.1 Å². The second kappa shape index (κ2) is 7.99. The number of benzene rings is 7. The van der Waals surface area contributed by atoms with Crippen LogP contribution in [0.1, 0.15) is 0 Å². The molecule has 0 fully saturated rings. The highest BCUT2D eigenvalue weighted by Gasteiger charge is 2.22. The maximum absolute atomic E-state index is 6.48. The second-order valence-electron chi connectivity index (χ2n) is 11.3. The van der Waals surface area contributed by atoms with E-state index in [1.54, 1.807) is 0 Å². The van der Waals surface area contributed by atoms with Crippen LogP contribution in [0.25, 0.3) is 93.6 Å². The summed E-state index contributed by atoms with van der Waals surface area (Å²) in [5.41, 5.74) is 13.2. The van der Waals surface area contributed by atoms with Crippen LogP contribution in [0, 0.1) is 0 Å². The lowest BCUT2D eigenvalue weighted by atomic mass is 9.94. The first-order valence-corrected chi connectivity index (χ1v) is 14.4. The van der Waals surface area contributed by atoms with Gasteiger partial charge in [-0.1, -0.05) is 103 Å². The Balaban J connectivity index is 1.17. The lowest BCUT2D eigenvalue weighted by Crippen LogP contribution is -1.93. The SMILES string of the molecule is c1ccc2c(c1)-c1cccc3c(-c4ccc(-n5c6ccccc6c6c7oc8ccccc8c7ccc65)cc4)ccc-2c13. The van der Waals surface area contributed by atoms with E-state index in [0.29, 0.717) is 0 Å². The molecule has 0 spiro atoms. The highest BCUT2D eigenvalue weighted by atomic mass is 16.3. The van der Waals surface area contributed by atoms with Gasteiger partial charge in [-0.2, -0.15) is 0 Å². The summed E-state index contributed by atoms with van der Waals surface area (Å²) < 4.78 is 8.84. The van der Waals surface area contributed by atoms with Crippen LogP contribution in [-0.4, -0.2) is 4.57 Å². The number of hydrogen-bond donors (Lipinski definition) is 0. The summed E-state index contributed by atoms with van der Waals surface area (Å²) in [5.74, 6) is 0. The number of hydrogen-bond acceptors (Lipinski definition) is 1. The molecule has 0 N–H and O–H groups in total. The molecule has 2 heterocycles. The molecule has 2 nitrogen and oxygen atoms in total. The van der Waals surface area contributed by atoms with Gasteiger partial charge in [-0.05, 0) is 80.6 Å². The molecule has 1 aliphatic rings. The maximum atomic E-state index is 6.48. The van der Waals surface area contributed by atoms with Gasteiger partial charge in [0.15, 0.2) is 0 Å². The first-order chi connectivity index (χ1) is 20.8. The molecule has 1 aliphatic carbocycles. The predicted molar refractivity (Wildman–Crippen MR) is 175 cm³/mol. The van der Waals surface area contributed by atoms with E-state index in [-0.39, 0.29) is 0 Å². The Kier molecular flexibility index (Phi) is 4.21. The molecule has 9 aromatic rings. The molecule has 0 aliphatic heterocycles. The Morgan fingerprint density at radius 1 is 0.381 bits per heavy atom. The van der Waals surface area contributed by atoms with Gasteiger partial charge in [-0.3, -0.25) is 0 Å². The average Bonchev–Trinajstić information content (AvgIpc) is 3.70. The minimum absolute atomic E-state index is 0.926. The summed E-state index contributed by atoms with van der Waals surface area (Å²) in [6, 6.07) is 50.5. The summed E-state index contributed by atoms with van der Waals surface area (Å²) >= 11 is 0. The number of fused-ring (bicyclic) bond motifs is 10. The van der Waals surface area contributed by atoms with Crippen LogP contribution >= 0.6 is 0 Å². The molecule has 10 rings (SSSR count). The van der Waals surface area contributed by atoms with Crippen molar-refractivity contribution < 1.29 is 4.42 Å². The Morgan fingerprint density at radius 3 is 1.90 bits per heavy atom. The molecule has 0 radical (unpaired) electrons. The molecule has 2 aromatic heterocycles. The van der Waals surface area contributed by atoms with Crippen LogP contribution < -0.4 is 0 Å². The Labute approximate surface area is 241 Å². The van der Waals surface area contributed by atoms with Crippen LogP contribution in [0.15, 0.2) is 144 Å². The Hall–Kier alpha value is -5.60. The van der Waals surface area contributed by atoms with E-state index in [1.165, 1.54) is 55.1 Å². The quantitative estimate of drug-likeness (QED) is 0.216. The van der Waals surface area contributed by atoms with Crippen molar-refractivity contribution in [2.45, 2.75) is 0 Å². The van der Waals surface area contributed by atoms with Crippen LogP contribution in [0.3, 0.4) is 0 Å². The standard InChI is InChI=1S/C40H23NO/c1-2-9-28-27(8-1)31-13-7-12-30-26(20-21-32(28)38(30)31)24-16-18-25(19-17-24)41-35-14-5-3-11-34(35)39-36(41)23-22-33-29-10-4-6-15-37(29)42-40(33)39/h1-23H. The van der Waals surface area contributed by atoms with Crippen LogP contribution in [-0.2, 0) is 0 Å². The predicted octanol–water partition coefficient (Wildman–Crippen LogP) is 11.2. The number of furan rings is 1. The van der Waals surface area contributed by atoms with E-state index in [2.05, 4.69) is 138 Å². The fourth-order valence-electron chi connectivity index (χ4n) is 7.36. The minimum atomic E-state index is 0.926. The number of rotatable bonds is 2. The summed E-state index contributed by atoms with van der Waals surface area (Å²) in [7, 11) is 0. The van der Waals surface area contributed by atoms with Gasteiger partial charge in [0.1, 0.15) is 11.2 Å². The zero-order valence-corrected chi connectivity index (χ0v) is 22.6. The normalized spacial score (nSPS) is 12.3. The third-order valence-corrected chi connectivity index (χ3v) is 9.16. The molecule has 0 saturated carbocycles. The third kappa shape index (κ3) is 2.78. The van der Waals surface area contributed by atoms with Crippen molar-refractivity contribution in [3.63, 3.8) is 0 Å². The van der Waals surface area contributed by atoms with E-state index in [9.17, 15) is 0 Å². The molecule has 0 unspecified atom stereocenters. The van der Waals surface area contributed by atoms with Gasteiger partial charge in [0.25, 0.3) is 0 Å². The monoisotopic (exact) mass is 533 g/mol. The van der Waals surface area contributed by atoms with Crippen LogP contribution in [0.2, 0.25) is 0 Å². The van der Waals surface area contributed by atoms with Crippen molar-refractivity contribution in [3.05, 3.63) is 140 Å². The van der Waals surface area contributed by atoms with Gasteiger partial charge in [-0.15, -0.1) is 0 Å². The van der Waals surface area contributed by atoms with Gasteiger partial charge in [0.2, 0.25) is 0 Å². The zero-order valence-electron chi connectivity index (χ0n) is 22.6. The Bertz CT molecular complexity index is 2530. The fourth-order valence-corrected chi connectivity index (χ4v) is 7.36. The van der Waals surface area contributed by atoms with Crippen LogP contribution in [0.4, 0.5) is 0 Å². The fraction of sp³-hybridized carbons (Fsp3) is 0. The van der Waals surface area contributed by atoms with E-state index in [4.69, 9.17) is 4.42 Å². The molecule has 0 amide bonds. The number of aromatic nitrogens is 1. The average molecular weight is 534 g/mol. The maximum Gasteiger partial charge on any atom is 0.145 e. The molecule has 0 saturated heterocycles. The molecular formula is C40H23NO. The molecule has 2 heteroatoms. The van der Waals surface area contributed by atoms with Crippen molar-refractivity contribution in [1.82, 2.24) is 4.57 Å². The van der Waals surface area contributed by atoms with Gasteiger partial charge >= 0.3 is 0 Å². The summed E-state index contributed by atoms with van der Waals surface area (Å²) in [4.78, 5) is 0. The molecule has 7 aromatic carbocycles. The van der Waals surface area contributed by atoms with Crippen molar-refractivity contribution in [3.8, 4) is 39.1 Å². The highest BCUT2D eigenvalue weighted by Crippen LogP contribution is 2.49. The Morgan fingerprint density at radius 2 is 1.05 bits per heavy atom. The molecule has 194 valence electrons. The minimum Gasteiger partial charge on any atom is -0.455 e. The third-order valence-electron chi connectivity index (χ3n) is 9.16. The lowest BCUT2D eigenvalue weighted by Gasteiger charge is -2.12. The first kappa shape index (κ1) is 22.1. The molecular weight excluding hydrogens is 510 g/mol. The van der Waals surface area contributed by atoms with E-state index >= 15 is 0 Å². The second-order valence-corrected chi connectivity index (χ2v) is 11.3. The lowest BCUT2D eigenvalue weighted by molar-refractivity contribution is 0.673.